The molecule has 0 aliphatic heterocycles. The van der Waals surface area contributed by atoms with Crippen molar-refractivity contribution in [1.82, 2.24) is 0 Å². The second-order valence-corrected chi connectivity index (χ2v) is 4.68. The first-order valence-electron chi connectivity index (χ1n) is 8.19. The number of rotatable bonds is 15. The molecule has 1 unspecified atom stereocenters. The van der Waals surface area contributed by atoms with Crippen LogP contribution in [-0.4, -0.2) is 57.9 Å². The highest BCUT2D eigenvalue weighted by molar-refractivity contribution is 5.86. The third-order valence-electron chi connectivity index (χ3n) is 2.40. The van der Waals surface area contributed by atoms with E-state index in [2.05, 4.69) is 31.1 Å². The van der Waals surface area contributed by atoms with Gasteiger partial charge in [-0.25, -0.2) is 9.59 Å². The summed E-state index contributed by atoms with van der Waals surface area (Å²) in [5.74, 6) is -0.895. The van der Waals surface area contributed by atoms with Crippen LogP contribution >= 0.6 is 0 Å². The average Bonchev–Trinajstić information content (AvgIpc) is 2.64. The summed E-state index contributed by atoms with van der Waals surface area (Å²) >= 11 is 0. The van der Waals surface area contributed by atoms with Gasteiger partial charge in [0.25, 0.3) is 0 Å². The van der Waals surface area contributed by atoms with E-state index >= 15 is 0 Å². The summed E-state index contributed by atoms with van der Waals surface area (Å²) in [6.07, 6.45) is 3.20. The molecule has 8 heteroatoms. The predicted molar refractivity (Wildman–Crippen MR) is 101 cm³/mol. The average molecular weight is 386 g/mol. The number of esters is 2. The molecule has 0 N–H and O–H groups in total. The zero-order valence-electron chi connectivity index (χ0n) is 16.1. The lowest BCUT2D eigenvalue weighted by molar-refractivity contribution is -0.171. The van der Waals surface area contributed by atoms with Gasteiger partial charge in [-0.3, -0.25) is 0 Å². The smallest absolute Gasteiger partial charge is 0.335 e. The number of carbonyl (C=O) groups is 2. The highest BCUT2D eigenvalue weighted by Crippen LogP contribution is 1.99. The van der Waals surface area contributed by atoms with Crippen LogP contribution in [-0.2, 0) is 38.0 Å². The van der Waals surface area contributed by atoms with Crippen molar-refractivity contribution < 1.29 is 38.0 Å². The minimum atomic E-state index is -0.590. The molecule has 0 aromatic rings. The van der Waals surface area contributed by atoms with Crippen molar-refractivity contribution >= 4 is 11.9 Å². The van der Waals surface area contributed by atoms with Crippen LogP contribution in [0.5, 0.6) is 0 Å². The third kappa shape index (κ3) is 21.4. The molecule has 0 aliphatic rings. The summed E-state index contributed by atoms with van der Waals surface area (Å²) in [4.78, 5) is 21.5. The molecular formula is C19H30O8. The van der Waals surface area contributed by atoms with Crippen molar-refractivity contribution in [2.45, 2.75) is 20.1 Å². The first kappa shape index (κ1) is 26.6. The Morgan fingerprint density at radius 2 is 1.48 bits per heavy atom. The van der Waals surface area contributed by atoms with Gasteiger partial charge in [-0.1, -0.05) is 26.3 Å². The minimum Gasteiger partial charge on any atom is -0.499 e. The molecule has 0 fully saturated rings. The standard InChI is InChI=1S/C10H16O4.C9H14O4/c1-5-12-6-7-13-9(4)14-10(11)8(2)3;1-3-9(10)13-8-7-12-6-5-11-4-2/h5,9H,1-2,6-7H2,3-4H3;3-4H,1-2,5-8H2. The summed E-state index contributed by atoms with van der Waals surface area (Å²) in [6, 6.07) is 0. The van der Waals surface area contributed by atoms with Gasteiger partial charge in [-0.2, -0.15) is 0 Å². The largest absolute Gasteiger partial charge is 0.499 e. The van der Waals surface area contributed by atoms with Gasteiger partial charge in [0.05, 0.1) is 32.3 Å². The normalized spacial score (nSPS) is 10.3. The molecule has 27 heavy (non-hydrogen) atoms. The van der Waals surface area contributed by atoms with Crippen LogP contribution in [0, 0.1) is 0 Å². The molecule has 0 saturated carbocycles. The van der Waals surface area contributed by atoms with Crippen LogP contribution in [0.3, 0.4) is 0 Å². The maximum Gasteiger partial charge on any atom is 0.335 e. The highest BCUT2D eigenvalue weighted by atomic mass is 16.7. The van der Waals surface area contributed by atoms with Crippen LogP contribution < -0.4 is 0 Å². The summed E-state index contributed by atoms with van der Waals surface area (Å²) < 4.78 is 29.3. The van der Waals surface area contributed by atoms with Gasteiger partial charge in [0.1, 0.15) is 19.8 Å². The summed E-state index contributed by atoms with van der Waals surface area (Å²) in [5, 5.41) is 0. The zero-order valence-corrected chi connectivity index (χ0v) is 16.1. The molecule has 0 aromatic carbocycles. The molecule has 0 bridgehead atoms. The molecule has 8 nitrogen and oxygen atoms in total. The molecule has 0 radical (unpaired) electrons. The molecule has 1 atom stereocenters. The van der Waals surface area contributed by atoms with Gasteiger partial charge >= 0.3 is 11.9 Å². The van der Waals surface area contributed by atoms with E-state index in [0.29, 0.717) is 38.6 Å². The van der Waals surface area contributed by atoms with Crippen molar-refractivity contribution in [1.29, 1.82) is 0 Å². The quantitative estimate of drug-likeness (QED) is 0.139. The van der Waals surface area contributed by atoms with Crippen LogP contribution in [0.25, 0.3) is 0 Å². The summed E-state index contributed by atoms with van der Waals surface area (Å²) in [5.41, 5.74) is 0.350. The number of hydrogen-bond donors (Lipinski definition) is 0. The fourth-order valence-electron chi connectivity index (χ4n) is 1.18. The Bertz CT molecular complexity index is 459. The first-order chi connectivity index (χ1) is 12.9. The van der Waals surface area contributed by atoms with Crippen LogP contribution in [0.1, 0.15) is 13.8 Å². The van der Waals surface area contributed by atoms with E-state index in [4.69, 9.17) is 23.7 Å². The van der Waals surface area contributed by atoms with Crippen LogP contribution in [0.4, 0.5) is 0 Å². The van der Waals surface area contributed by atoms with Crippen molar-refractivity contribution in [3.8, 4) is 0 Å². The van der Waals surface area contributed by atoms with E-state index in [1.54, 1.807) is 13.8 Å². The Balaban J connectivity index is 0. The molecule has 0 aliphatic carbocycles. The third-order valence-corrected chi connectivity index (χ3v) is 2.40. The molecule has 0 saturated heterocycles. The van der Waals surface area contributed by atoms with Gasteiger partial charge in [0.15, 0.2) is 0 Å². The fraction of sp³-hybridized carbons (Fsp3) is 0.474. The van der Waals surface area contributed by atoms with Gasteiger partial charge in [0, 0.05) is 11.6 Å². The maximum atomic E-state index is 11.0. The van der Waals surface area contributed by atoms with E-state index in [1.807, 2.05) is 0 Å². The Kier molecular flexibility index (Phi) is 19.5. The van der Waals surface area contributed by atoms with Crippen molar-refractivity contribution in [3.63, 3.8) is 0 Å². The number of ether oxygens (including phenoxy) is 6. The highest BCUT2D eigenvalue weighted by Gasteiger charge is 2.09. The lowest BCUT2D eigenvalue weighted by atomic mass is 10.4. The van der Waals surface area contributed by atoms with Gasteiger partial charge in [0.2, 0.25) is 6.29 Å². The molecule has 0 heterocycles. The first-order valence-corrected chi connectivity index (χ1v) is 8.19. The Morgan fingerprint density at radius 1 is 0.926 bits per heavy atom. The van der Waals surface area contributed by atoms with Gasteiger partial charge in [-0.15, -0.1) is 0 Å². The molecule has 154 valence electrons. The van der Waals surface area contributed by atoms with E-state index in [9.17, 15) is 9.59 Å². The molecular weight excluding hydrogens is 356 g/mol. The molecule has 0 spiro atoms. The summed E-state index contributed by atoms with van der Waals surface area (Å²) in [6.45, 7) is 18.9. The van der Waals surface area contributed by atoms with Gasteiger partial charge in [-0.05, 0) is 13.8 Å². The van der Waals surface area contributed by atoms with E-state index in [-0.39, 0.29) is 6.61 Å². The Morgan fingerprint density at radius 3 is 2.00 bits per heavy atom. The number of hydrogen-bond acceptors (Lipinski definition) is 8. The lowest BCUT2D eigenvalue weighted by Crippen LogP contribution is -2.20. The lowest BCUT2D eigenvalue weighted by Gasteiger charge is -2.13. The fourth-order valence-corrected chi connectivity index (χ4v) is 1.18. The molecule has 0 rings (SSSR count). The SMILES string of the molecule is C=COCCOC(C)OC(=O)C(=C)C.C=COCCOCCOC(=O)C=C. The van der Waals surface area contributed by atoms with Crippen LogP contribution in [0.2, 0.25) is 0 Å². The number of carbonyl (C=O) groups excluding carboxylic acids is 2. The Labute approximate surface area is 161 Å². The van der Waals surface area contributed by atoms with Crippen molar-refractivity contribution in [2.75, 3.05) is 39.6 Å². The molecule has 0 aromatic heterocycles. The zero-order chi connectivity index (χ0) is 20.9. The van der Waals surface area contributed by atoms with E-state index in [1.165, 1.54) is 12.5 Å². The van der Waals surface area contributed by atoms with E-state index in [0.717, 1.165) is 6.08 Å². The second-order valence-electron chi connectivity index (χ2n) is 4.68. The predicted octanol–water partition coefficient (Wildman–Crippen LogP) is 2.52. The monoisotopic (exact) mass is 386 g/mol. The minimum absolute atomic E-state index is 0.235. The van der Waals surface area contributed by atoms with Crippen molar-refractivity contribution in [3.05, 3.63) is 50.5 Å². The van der Waals surface area contributed by atoms with Crippen LogP contribution in [0.15, 0.2) is 50.5 Å². The topological polar surface area (TPSA) is 89.5 Å². The van der Waals surface area contributed by atoms with Gasteiger partial charge < -0.3 is 28.4 Å². The second kappa shape index (κ2) is 19.7. The molecule has 0 amide bonds. The maximum absolute atomic E-state index is 11.0. The van der Waals surface area contributed by atoms with Crippen molar-refractivity contribution in [2.24, 2.45) is 0 Å². The van der Waals surface area contributed by atoms with E-state index < -0.39 is 18.2 Å². The Hall–Kier alpha value is -2.58. The summed E-state index contributed by atoms with van der Waals surface area (Å²) in [7, 11) is 0.